The lowest BCUT2D eigenvalue weighted by molar-refractivity contribution is 0.248. The van der Waals surface area contributed by atoms with E-state index in [1.54, 1.807) is 0 Å². The number of fused-ring (bicyclic) bond motifs is 1. The minimum absolute atomic E-state index is 0.498. The fourth-order valence-electron chi connectivity index (χ4n) is 3.72. The van der Waals surface area contributed by atoms with E-state index in [2.05, 4.69) is 36.6 Å². The summed E-state index contributed by atoms with van der Waals surface area (Å²) < 4.78 is 2.37. The Kier molecular flexibility index (Phi) is 4.54. The first-order valence-electron chi connectivity index (χ1n) is 8.23. The van der Waals surface area contributed by atoms with Gasteiger partial charge < -0.3 is 4.57 Å². The van der Waals surface area contributed by atoms with E-state index in [0.717, 1.165) is 29.7 Å². The van der Waals surface area contributed by atoms with E-state index in [9.17, 15) is 0 Å². The summed E-state index contributed by atoms with van der Waals surface area (Å²) in [6, 6.07) is 6.44. The predicted octanol–water partition coefficient (Wildman–Crippen LogP) is 5.30. The zero-order valence-corrected chi connectivity index (χ0v) is 13.9. The van der Waals surface area contributed by atoms with Gasteiger partial charge in [-0.05, 0) is 43.2 Å². The monoisotopic (exact) mass is 304 g/mol. The summed E-state index contributed by atoms with van der Waals surface area (Å²) >= 11 is 6.14. The van der Waals surface area contributed by atoms with Crippen molar-refractivity contribution in [2.75, 3.05) is 0 Å². The van der Waals surface area contributed by atoms with Crippen LogP contribution in [0.5, 0.6) is 0 Å². The number of hydrogen-bond acceptors (Lipinski definition) is 1. The summed E-state index contributed by atoms with van der Waals surface area (Å²) in [5.41, 5.74) is 3.62. The van der Waals surface area contributed by atoms with Gasteiger partial charge >= 0.3 is 0 Å². The Hall–Kier alpha value is -1.02. The Morgan fingerprint density at radius 3 is 2.57 bits per heavy atom. The molecule has 0 aliphatic heterocycles. The van der Waals surface area contributed by atoms with Gasteiger partial charge in [-0.3, -0.25) is 0 Å². The number of aromatic nitrogens is 2. The lowest BCUT2D eigenvalue weighted by Crippen LogP contribution is -2.19. The molecule has 0 unspecified atom stereocenters. The van der Waals surface area contributed by atoms with E-state index in [1.165, 1.54) is 43.2 Å². The van der Waals surface area contributed by atoms with Gasteiger partial charge in [0.2, 0.25) is 0 Å². The smallest absolute Gasteiger partial charge is 0.124 e. The minimum atomic E-state index is 0.498. The molecular formula is C18H25ClN2. The molecule has 21 heavy (non-hydrogen) atoms. The predicted molar refractivity (Wildman–Crippen MR) is 89.8 cm³/mol. The van der Waals surface area contributed by atoms with Crippen LogP contribution in [0.4, 0.5) is 0 Å². The second kappa shape index (κ2) is 6.39. The van der Waals surface area contributed by atoms with Crippen LogP contribution < -0.4 is 0 Å². The fourth-order valence-corrected chi connectivity index (χ4v) is 3.93. The highest BCUT2D eigenvalue weighted by Crippen LogP contribution is 2.33. The third-order valence-corrected chi connectivity index (χ3v) is 5.40. The number of nitrogens with zero attached hydrogens (tertiary/aromatic N) is 2. The molecule has 0 radical (unpaired) electrons. The number of halogens is 1. The largest absolute Gasteiger partial charge is 0.327 e. The number of para-hydroxylation sites is 1. The quantitative estimate of drug-likeness (QED) is 0.701. The number of benzene rings is 1. The molecule has 1 fully saturated rings. The summed E-state index contributed by atoms with van der Waals surface area (Å²) in [6.07, 6.45) is 6.83. The third kappa shape index (κ3) is 2.96. The number of aryl methyl sites for hydroxylation is 1. The maximum absolute atomic E-state index is 6.14. The Morgan fingerprint density at radius 2 is 1.90 bits per heavy atom. The molecule has 0 atom stereocenters. The number of alkyl halides is 1. The highest BCUT2D eigenvalue weighted by molar-refractivity contribution is 6.16. The summed E-state index contributed by atoms with van der Waals surface area (Å²) in [5.74, 6) is 3.26. The van der Waals surface area contributed by atoms with Crippen LogP contribution in [0, 0.1) is 18.8 Å². The van der Waals surface area contributed by atoms with Crippen LogP contribution in [0.15, 0.2) is 18.2 Å². The second-order valence-corrected chi connectivity index (χ2v) is 6.78. The van der Waals surface area contributed by atoms with Crippen molar-refractivity contribution in [3.05, 3.63) is 29.6 Å². The van der Waals surface area contributed by atoms with Crippen molar-refractivity contribution in [1.29, 1.82) is 0 Å². The SMILES string of the molecule is CCC1CCC(Cn2c(CCl)nc3c(C)cccc32)CC1. The van der Waals surface area contributed by atoms with Crippen molar-refractivity contribution < 1.29 is 0 Å². The molecule has 114 valence electrons. The number of imidazole rings is 1. The standard InChI is InChI=1S/C18H25ClN2/c1-3-14-7-9-15(10-8-14)12-21-16-6-4-5-13(2)18(16)20-17(21)11-19/h4-6,14-15H,3,7-12H2,1-2H3. The molecule has 3 heteroatoms. The minimum Gasteiger partial charge on any atom is -0.327 e. The maximum Gasteiger partial charge on any atom is 0.124 e. The molecule has 1 aliphatic carbocycles. The molecule has 2 aromatic rings. The molecule has 3 rings (SSSR count). The molecule has 2 nitrogen and oxygen atoms in total. The van der Waals surface area contributed by atoms with Gasteiger partial charge in [-0.1, -0.05) is 38.3 Å². The Morgan fingerprint density at radius 1 is 1.19 bits per heavy atom. The van der Waals surface area contributed by atoms with Crippen LogP contribution >= 0.6 is 11.6 Å². The van der Waals surface area contributed by atoms with Crippen molar-refractivity contribution >= 4 is 22.6 Å². The average Bonchev–Trinajstić information content (AvgIpc) is 2.87. The fraction of sp³-hybridized carbons (Fsp3) is 0.611. The highest BCUT2D eigenvalue weighted by Gasteiger charge is 2.22. The summed E-state index contributed by atoms with van der Waals surface area (Å²) in [4.78, 5) is 4.76. The molecule has 0 spiro atoms. The van der Waals surface area contributed by atoms with Crippen molar-refractivity contribution in [2.45, 2.75) is 58.4 Å². The van der Waals surface area contributed by atoms with E-state index >= 15 is 0 Å². The zero-order chi connectivity index (χ0) is 14.8. The molecule has 1 aromatic heterocycles. The van der Waals surface area contributed by atoms with Gasteiger partial charge in [-0.15, -0.1) is 11.6 Å². The molecule has 0 amide bonds. The highest BCUT2D eigenvalue weighted by atomic mass is 35.5. The van der Waals surface area contributed by atoms with Crippen molar-refractivity contribution in [1.82, 2.24) is 9.55 Å². The molecule has 1 aliphatic rings. The second-order valence-electron chi connectivity index (χ2n) is 6.51. The van der Waals surface area contributed by atoms with Crippen LogP contribution in [0.2, 0.25) is 0 Å². The van der Waals surface area contributed by atoms with Gasteiger partial charge in [0, 0.05) is 6.54 Å². The Labute approximate surface area is 132 Å². The molecular weight excluding hydrogens is 280 g/mol. The lowest BCUT2D eigenvalue weighted by atomic mass is 9.81. The van der Waals surface area contributed by atoms with Crippen LogP contribution in [0.1, 0.15) is 50.4 Å². The summed E-state index contributed by atoms with van der Waals surface area (Å²) in [7, 11) is 0. The van der Waals surface area contributed by atoms with Gasteiger partial charge in [-0.2, -0.15) is 0 Å². The van der Waals surface area contributed by atoms with Crippen molar-refractivity contribution in [3.63, 3.8) is 0 Å². The summed E-state index contributed by atoms with van der Waals surface area (Å²) in [5, 5.41) is 0. The molecule has 0 saturated heterocycles. The van der Waals surface area contributed by atoms with Gasteiger partial charge in [0.25, 0.3) is 0 Å². The van der Waals surface area contributed by atoms with E-state index < -0.39 is 0 Å². The van der Waals surface area contributed by atoms with Gasteiger partial charge in [0.1, 0.15) is 5.82 Å². The average molecular weight is 305 g/mol. The van der Waals surface area contributed by atoms with E-state index in [0.29, 0.717) is 5.88 Å². The zero-order valence-electron chi connectivity index (χ0n) is 13.1. The topological polar surface area (TPSA) is 17.8 Å². The van der Waals surface area contributed by atoms with Crippen molar-refractivity contribution in [3.8, 4) is 0 Å². The normalized spacial score (nSPS) is 22.8. The first-order valence-corrected chi connectivity index (χ1v) is 8.77. The van der Waals surface area contributed by atoms with Crippen molar-refractivity contribution in [2.24, 2.45) is 11.8 Å². The van der Waals surface area contributed by atoms with Crippen LogP contribution in [0.3, 0.4) is 0 Å². The first-order chi connectivity index (χ1) is 10.2. The number of hydrogen-bond donors (Lipinski definition) is 0. The van der Waals surface area contributed by atoms with Crippen LogP contribution in [-0.4, -0.2) is 9.55 Å². The molecule has 1 aromatic carbocycles. The Balaban J connectivity index is 1.85. The maximum atomic E-state index is 6.14. The Bertz CT molecular complexity index is 609. The van der Waals surface area contributed by atoms with Crippen LogP contribution in [-0.2, 0) is 12.4 Å². The molecule has 0 bridgehead atoms. The lowest BCUT2D eigenvalue weighted by Gasteiger charge is -2.28. The molecule has 1 saturated carbocycles. The third-order valence-electron chi connectivity index (χ3n) is 5.16. The van der Waals surface area contributed by atoms with E-state index in [-0.39, 0.29) is 0 Å². The van der Waals surface area contributed by atoms with Gasteiger partial charge in [-0.25, -0.2) is 4.98 Å². The summed E-state index contributed by atoms with van der Waals surface area (Å²) in [6.45, 7) is 5.53. The van der Waals surface area contributed by atoms with Gasteiger partial charge in [0.05, 0.1) is 16.9 Å². The molecule has 0 N–H and O–H groups in total. The van der Waals surface area contributed by atoms with Crippen LogP contribution in [0.25, 0.3) is 11.0 Å². The molecule has 1 heterocycles. The van der Waals surface area contributed by atoms with E-state index in [4.69, 9.17) is 16.6 Å². The number of rotatable bonds is 4. The van der Waals surface area contributed by atoms with E-state index in [1.807, 2.05) is 0 Å². The first kappa shape index (κ1) is 14.9. The van der Waals surface area contributed by atoms with Gasteiger partial charge in [0.15, 0.2) is 0 Å².